The Morgan fingerprint density at radius 3 is 2.46 bits per heavy atom. The number of nitro groups is 1. The molecule has 35 heavy (non-hydrogen) atoms. The van der Waals surface area contributed by atoms with Gasteiger partial charge in [0, 0.05) is 24.8 Å². The largest absolute Gasteiger partial charge is 0.452 e. The lowest BCUT2D eigenvalue weighted by molar-refractivity contribution is -0.384. The quantitative estimate of drug-likeness (QED) is 0.260. The molecule has 178 valence electrons. The average molecular weight is 476 g/mol. The smallest absolute Gasteiger partial charge is 0.338 e. The highest BCUT2D eigenvalue weighted by molar-refractivity contribution is 5.97. The Balaban J connectivity index is 1.68. The first-order chi connectivity index (χ1) is 16.9. The Hall–Kier alpha value is -4.78. The van der Waals surface area contributed by atoms with Crippen molar-refractivity contribution in [2.75, 3.05) is 23.4 Å². The van der Waals surface area contributed by atoms with E-state index in [2.05, 4.69) is 5.32 Å². The van der Waals surface area contributed by atoms with Gasteiger partial charge in [0.05, 0.1) is 23.0 Å². The molecule has 0 aromatic heterocycles. The highest BCUT2D eigenvalue weighted by atomic mass is 19.1. The number of halogens is 1. The number of rotatable bonds is 10. The van der Waals surface area contributed by atoms with Crippen LogP contribution >= 0.6 is 0 Å². The summed E-state index contributed by atoms with van der Waals surface area (Å²) in [5, 5.41) is 23.4. The summed E-state index contributed by atoms with van der Waals surface area (Å²) in [6, 6.07) is 20.1. The molecule has 0 bridgehead atoms. The van der Waals surface area contributed by atoms with Gasteiger partial charge in [0.25, 0.3) is 11.6 Å². The summed E-state index contributed by atoms with van der Waals surface area (Å²) in [5.41, 5.74) is 1.08. The number of amides is 1. The average Bonchev–Trinajstić information content (AvgIpc) is 2.87. The van der Waals surface area contributed by atoms with Gasteiger partial charge in [-0.15, -0.1) is 0 Å². The first kappa shape index (κ1) is 24.9. The Morgan fingerprint density at radius 1 is 1.09 bits per heavy atom. The molecule has 0 heterocycles. The second kappa shape index (κ2) is 11.9. The molecular weight excluding hydrogens is 455 g/mol. The van der Waals surface area contributed by atoms with Gasteiger partial charge in [-0.25, -0.2) is 9.18 Å². The van der Waals surface area contributed by atoms with Crippen LogP contribution < -0.4 is 10.2 Å². The highest BCUT2D eigenvalue weighted by Gasteiger charge is 2.21. The summed E-state index contributed by atoms with van der Waals surface area (Å²) in [7, 11) is 0. The minimum Gasteiger partial charge on any atom is -0.452 e. The Bertz CT molecular complexity index is 1240. The fourth-order valence-corrected chi connectivity index (χ4v) is 3.22. The number of ether oxygens (including phenoxy) is 1. The molecule has 0 saturated carbocycles. The molecule has 3 aromatic rings. The normalized spacial score (nSPS) is 10.2. The van der Waals surface area contributed by atoms with Crippen LogP contribution in [-0.2, 0) is 16.1 Å². The van der Waals surface area contributed by atoms with Crippen molar-refractivity contribution in [1.82, 2.24) is 0 Å². The van der Waals surface area contributed by atoms with E-state index in [4.69, 9.17) is 10.00 Å². The molecule has 0 radical (unpaired) electrons. The van der Waals surface area contributed by atoms with E-state index in [1.807, 2.05) is 36.4 Å². The summed E-state index contributed by atoms with van der Waals surface area (Å²) in [6.45, 7) is -0.295. The number of anilines is 2. The zero-order valence-corrected chi connectivity index (χ0v) is 18.5. The molecule has 3 aromatic carbocycles. The Kier molecular flexibility index (Phi) is 8.45. The predicted molar refractivity (Wildman–Crippen MR) is 126 cm³/mol. The molecular formula is C25H21FN4O5. The van der Waals surface area contributed by atoms with Crippen LogP contribution in [0.3, 0.4) is 0 Å². The third-order valence-corrected chi connectivity index (χ3v) is 4.97. The van der Waals surface area contributed by atoms with E-state index >= 15 is 0 Å². The van der Waals surface area contributed by atoms with E-state index in [1.54, 1.807) is 0 Å². The van der Waals surface area contributed by atoms with Gasteiger partial charge in [0.15, 0.2) is 6.61 Å². The van der Waals surface area contributed by atoms with Crippen molar-refractivity contribution < 1.29 is 23.6 Å². The van der Waals surface area contributed by atoms with Crippen molar-refractivity contribution in [3.8, 4) is 6.07 Å². The number of benzene rings is 3. The number of nitrogens with zero attached hydrogens (tertiary/aromatic N) is 3. The Labute approximate surface area is 200 Å². The number of nitriles is 1. The van der Waals surface area contributed by atoms with E-state index in [-0.39, 0.29) is 29.9 Å². The minimum atomic E-state index is -0.921. The molecule has 10 heteroatoms. The lowest BCUT2D eigenvalue weighted by Gasteiger charge is -2.21. The summed E-state index contributed by atoms with van der Waals surface area (Å²) >= 11 is 0. The zero-order chi connectivity index (χ0) is 25.2. The van der Waals surface area contributed by atoms with Crippen molar-refractivity contribution in [2.45, 2.75) is 13.0 Å². The van der Waals surface area contributed by atoms with Crippen LogP contribution in [-0.4, -0.2) is 30.0 Å². The van der Waals surface area contributed by atoms with Gasteiger partial charge in [0.1, 0.15) is 11.5 Å². The summed E-state index contributed by atoms with van der Waals surface area (Å²) in [5.74, 6) is -2.04. The van der Waals surface area contributed by atoms with Crippen molar-refractivity contribution in [1.29, 1.82) is 5.26 Å². The van der Waals surface area contributed by atoms with Crippen molar-refractivity contribution >= 4 is 28.9 Å². The van der Waals surface area contributed by atoms with E-state index in [0.717, 1.165) is 11.6 Å². The predicted octanol–water partition coefficient (Wildman–Crippen LogP) is 4.45. The van der Waals surface area contributed by atoms with Crippen LogP contribution in [0.1, 0.15) is 22.3 Å². The summed E-state index contributed by atoms with van der Waals surface area (Å²) < 4.78 is 18.3. The van der Waals surface area contributed by atoms with Gasteiger partial charge < -0.3 is 15.0 Å². The van der Waals surface area contributed by atoms with Gasteiger partial charge in [-0.05, 0) is 42.0 Å². The molecule has 3 rings (SSSR count). The maximum atomic E-state index is 13.2. The molecule has 9 nitrogen and oxygen atoms in total. The molecule has 0 aliphatic rings. The number of hydrogen-bond acceptors (Lipinski definition) is 7. The SMILES string of the molecule is N#CCCN(C(=O)COC(=O)c1ccc(NCc2ccccc2)c([N+](=O)[O-])c1)c1ccc(F)cc1. The summed E-state index contributed by atoms with van der Waals surface area (Å²) in [6.07, 6.45) is 0.0146. The van der Waals surface area contributed by atoms with Gasteiger partial charge >= 0.3 is 5.97 Å². The molecule has 0 unspecified atom stereocenters. The lowest BCUT2D eigenvalue weighted by atomic mass is 10.1. The molecule has 1 amide bonds. The number of esters is 1. The van der Waals surface area contributed by atoms with Crippen LogP contribution in [0, 0.1) is 27.3 Å². The molecule has 0 spiro atoms. The maximum Gasteiger partial charge on any atom is 0.338 e. The van der Waals surface area contributed by atoms with Gasteiger partial charge in [-0.1, -0.05) is 30.3 Å². The Morgan fingerprint density at radius 2 is 1.80 bits per heavy atom. The van der Waals surface area contributed by atoms with Crippen molar-refractivity contribution in [2.24, 2.45) is 0 Å². The highest BCUT2D eigenvalue weighted by Crippen LogP contribution is 2.26. The molecule has 0 aliphatic carbocycles. The number of nitro benzene ring substituents is 1. The topological polar surface area (TPSA) is 126 Å². The van der Waals surface area contributed by atoms with Gasteiger partial charge in [-0.3, -0.25) is 14.9 Å². The molecule has 0 fully saturated rings. The third-order valence-electron chi connectivity index (χ3n) is 4.97. The first-order valence-electron chi connectivity index (χ1n) is 10.6. The number of nitrogens with one attached hydrogen (secondary N) is 1. The number of carbonyl (C=O) groups excluding carboxylic acids is 2. The minimum absolute atomic E-state index is 0.0146. The van der Waals surface area contributed by atoms with Crippen molar-refractivity contribution in [3.05, 3.63) is 99.9 Å². The van der Waals surface area contributed by atoms with Crippen LogP contribution in [0.15, 0.2) is 72.8 Å². The number of carbonyl (C=O) groups is 2. The second-order valence-corrected chi connectivity index (χ2v) is 7.33. The molecule has 1 N–H and O–H groups in total. The summed E-state index contributed by atoms with van der Waals surface area (Å²) in [4.78, 5) is 37.3. The van der Waals surface area contributed by atoms with Crippen LogP contribution in [0.4, 0.5) is 21.5 Å². The number of hydrogen-bond donors (Lipinski definition) is 1. The second-order valence-electron chi connectivity index (χ2n) is 7.33. The first-order valence-corrected chi connectivity index (χ1v) is 10.6. The van der Waals surface area contributed by atoms with E-state index in [1.165, 1.54) is 41.3 Å². The van der Waals surface area contributed by atoms with Gasteiger partial charge in [0.2, 0.25) is 0 Å². The van der Waals surface area contributed by atoms with E-state index in [0.29, 0.717) is 12.2 Å². The molecule has 0 atom stereocenters. The standard InChI is InChI=1S/C25H21FN4O5/c26-20-8-10-21(11-9-20)29(14-4-13-27)24(31)17-35-25(32)19-7-12-22(23(15-19)30(33)34)28-16-18-5-2-1-3-6-18/h1-3,5-12,15,28H,4,14,16-17H2. The maximum absolute atomic E-state index is 13.2. The van der Waals surface area contributed by atoms with E-state index in [9.17, 15) is 24.1 Å². The zero-order valence-electron chi connectivity index (χ0n) is 18.5. The van der Waals surface area contributed by atoms with Crippen LogP contribution in [0.5, 0.6) is 0 Å². The van der Waals surface area contributed by atoms with Gasteiger partial charge in [-0.2, -0.15) is 5.26 Å². The van der Waals surface area contributed by atoms with Crippen LogP contribution in [0.25, 0.3) is 0 Å². The fourth-order valence-electron chi connectivity index (χ4n) is 3.22. The third kappa shape index (κ3) is 6.85. The van der Waals surface area contributed by atoms with E-state index < -0.39 is 29.2 Å². The fraction of sp³-hybridized carbons (Fsp3) is 0.160. The molecule has 0 aliphatic heterocycles. The molecule has 0 saturated heterocycles. The lowest BCUT2D eigenvalue weighted by Crippen LogP contribution is -2.35. The van der Waals surface area contributed by atoms with Crippen molar-refractivity contribution in [3.63, 3.8) is 0 Å². The monoisotopic (exact) mass is 476 g/mol. The van der Waals surface area contributed by atoms with Crippen LogP contribution in [0.2, 0.25) is 0 Å².